The first kappa shape index (κ1) is 16.2. The SMILES string of the molecule is C[SiH](C)[Hf]([CH]1C=Cc2ccccc21)[CH]1C=Cc2cc3c(cc21)CCC3. The van der Waals surface area contributed by atoms with Crippen molar-refractivity contribution in [2.45, 2.75) is 39.7 Å². The minimum absolute atomic E-state index is 0.620. The average Bonchev–Trinajstić information content (AvgIpc) is 3.32. The van der Waals surface area contributed by atoms with Crippen LogP contribution in [0, 0.1) is 0 Å². The molecule has 2 heteroatoms. The second kappa shape index (κ2) is 6.31. The van der Waals surface area contributed by atoms with Gasteiger partial charge in [-0.25, -0.2) is 0 Å². The van der Waals surface area contributed by atoms with E-state index >= 15 is 0 Å². The molecule has 125 valence electrons. The van der Waals surface area contributed by atoms with Crippen LogP contribution in [0.15, 0.2) is 48.6 Å². The van der Waals surface area contributed by atoms with Gasteiger partial charge in [0, 0.05) is 0 Å². The zero-order valence-electron chi connectivity index (χ0n) is 15.1. The number of benzene rings is 2. The van der Waals surface area contributed by atoms with Gasteiger partial charge in [0.15, 0.2) is 0 Å². The van der Waals surface area contributed by atoms with Crippen LogP contribution in [0.1, 0.15) is 47.2 Å². The summed E-state index contributed by atoms with van der Waals surface area (Å²) < 4.78 is 1.63. The molecule has 0 N–H and O–H groups in total. The van der Waals surface area contributed by atoms with Crippen LogP contribution < -0.4 is 0 Å². The molecule has 0 radical (unpaired) electrons. The molecular formula is C23H25HfSi. The van der Waals surface area contributed by atoms with Crippen LogP contribution in [0.5, 0.6) is 0 Å². The summed E-state index contributed by atoms with van der Waals surface area (Å²) in [5.41, 5.74) is 9.68. The number of hydrogen-bond donors (Lipinski definition) is 0. The van der Waals surface area contributed by atoms with E-state index in [1.165, 1.54) is 24.8 Å². The van der Waals surface area contributed by atoms with Gasteiger partial charge >= 0.3 is 160 Å². The van der Waals surface area contributed by atoms with Gasteiger partial charge in [0.2, 0.25) is 0 Å². The van der Waals surface area contributed by atoms with Gasteiger partial charge in [0.1, 0.15) is 0 Å². The third-order valence-corrected chi connectivity index (χ3v) is 36.6. The Bertz CT molecular complexity index is 893. The minimum atomic E-state index is -1.86. The molecule has 0 aliphatic heterocycles. The van der Waals surface area contributed by atoms with Crippen LogP contribution >= 0.6 is 0 Å². The van der Waals surface area contributed by atoms with Crippen LogP contribution in [0.4, 0.5) is 0 Å². The van der Waals surface area contributed by atoms with Gasteiger partial charge in [-0.05, 0) is 0 Å². The molecule has 0 amide bonds. The molecule has 2 aromatic carbocycles. The number of allylic oxidation sites excluding steroid dienone is 2. The zero-order valence-corrected chi connectivity index (χ0v) is 19.9. The van der Waals surface area contributed by atoms with Crippen molar-refractivity contribution in [3.05, 3.63) is 81.9 Å². The summed E-state index contributed by atoms with van der Waals surface area (Å²) in [6.07, 6.45) is 14.0. The first-order valence-corrected chi connectivity index (χ1v) is 23.0. The van der Waals surface area contributed by atoms with Crippen molar-refractivity contribution in [1.82, 2.24) is 0 Å². The van der Waals surface area contributed by atoms with Crippen molar-refractivity contribution in [3.63, 3.8) is 0 Å². The van der Waals surface area contributed by atoms with E-state index in [2.05, 4.69) is 73.8 Å². The van der Waals surface area contributed by atoms with E-state index in [4.69, 9.17) is 0 Å². The maximum absolute atomic E-state index is 2.63. The van der Waals surface area contributed by atoms with Gasteiger partial charge in [0.25, 0.3) is 0 Å². The molecule has 0 bridgehead atoms. The van der Waals surface area contributed by atoms with E-state index in [-0.39, 0.29) is 0 Å². The molecule has 0 spiro atoms. The summed E-state index contributed by atoms with van der Waals surface area (Å²) in [6.45, 7) is 5.27. The first-order valence-electron chi connectivity index (χ1n) is 9.70. The third-order valence-electron chi connectivity index (χ3n) is 6.28. The fourth-order valence-corrected chi connectivity index (χ4v) is 34.9. The number of hydrogen-bond acceptors (Lipinski definition) is 0. The Balaban J connectivity index is 1.57. The standard InChI is InChI=1S/C12H11.C9H7.C2H7Si.Hf/c1-3-9-7-11-5-2-6-12(11)8-10(9)4-1;1-2-5-9-7-3-6-8(9)4-1;1-3-2;/h1,3-4,7-8H,2,5-6H2;1-7H;3H,1-2H3;. The van der Waals surface area contributed by atoms with E-state index < -0.39 is 26.6 Å². The van der Waals surface area contributed by atoms with Crippen molar-refractivity contribution >= 4 is 18.1 Å². The van der Waals surface area contributed by atoms with Crippen molar-refractivity contribution in [1.29, 1.82) is 0 Å². The predicted molar refractivity (Wildman–Crippen MR) is 107 cm³/mol. The summed E-state index contributed by atoms with van der Waals surface area (Å²) in [7, 11) is 0. The van der Waals surface area contributed by atoms with Crippen LogP contribution in [0.3, 0.4) is 0 Å². The van der Waals surface area contributed by atoms with E-state index in [0.717, 1.165) is 7.35 Å². The van der Waals surface area contributed by atoms with Crippen molar-refractivity contribution in [3.8, 4) is 0 Å². The molecule has 0 nitrogen and oxygen atoms in total. The van der Waals surface area contributed by atoms with Gasteiger partial charge in [-0.1, -0.05) is 0 Å². The Labute approximate surface area is 159 Å². The summed E-state index contributed by atoms with van der Waals surface area (Å²) in [5, 5.41) is 0. The van der Waals surface area contributed by atoms with Crippen LogP contribution in [0.2, 0.25) is 13.1 Å². The Morgan fingerprint density at radius 1 is 0.840 bits per heavy atom. The molecule has 0 aromatic heterocycles. The van der Waals surface area contributed by atoms with E-state index in [9.17, 15) is 0 Å². The molecule has 3 aliphatic carbocycles. The molecule has 3 aliphatic rings. The van der Waals surface area contributed by atoms with Crippen molar-refractivity contribution in [2.24, 2.45) is 0 Å². The number of rotatable bonds is 3. The molecule has 0 fully saturated rings. The molecule has 2 aromatic rings. The second-order valence-corrected chi connectivity index (χ2v) is 36.3. The monoisotopic (exact) mass is 509 g/mol. The van der Waals surface area contributed by atoms with E-state index in [1.807, 2.05) is 0 Å². The number of fused-ring (bicyclic) bond motifs is 3. The summed E-state index contributed by atoms with van der Waals surface area (Å²) in [4.78, 5) is 0. The summed E-state index contributed by atoms with van der Waals surface area (Å²) in [6, 6.07) is 14.3. The van der Waals surface area contributed by atoms with Crippen LogP contribution in [0.25, 0.3) is 12.2 Å². The Hall–Kier alpha value is -0.993. The molecule has 2 unspecified atom stereocenters. The second-order valence-electron chi connectivity index (χ2n) is 8.06. The van der Waals surface area contributed by atoms with E-state index in [1.54, 1.807) is 27.8 Å². The molecular weight excluding hydrogens is 483 g/mol. The van der Waals surface area contributed by atoms with Crippen LogP contribution in [-0.4, -0.2) is 5.98 Å². The van der Waals surface area contributed by atoms with Gasteiger partial charge in [-0.3, -0.25) is 0 Å². The van der Waals surface area contributed by atoms with E-state index in [0.29, 0.717) is 0 Å². The number of aryl methyl sites for hydroxylation is 2. The normalized spacial score (nSPS) is 22.4. The predicted octanol–water partition coefficient (Wildman–Crippen LogP) is 5.61. The molecule has 25 heavy (non-hydrogen) atoms. The molecule has 0 saturated carbocycles. The van der Waals surface area contributed by atoms with Gasteiger partial charge in [-0.2, -0.15) is 0 Å². The Morgan fingerprint density at radius 2 is 1.52 bits per heavy atom. The third kappa shape index (κ3) is 2.64. The van der Waals surface area contributed by atoms with Crippen molar-refractivity contribution < 1.29 is 20.6 Å². The summed E-state index contributed by atoms with van der Waals surface area (Å²) >= 11 is -1.86. The molecule has 0 heterocycles. The maximum atomic E-state index is 2.63. The fourth-order valence-electron chi connectivity index (χ4n) is 5.12. The average molecular weight is 508 g/mol. The van der Waals surface area contributed by atoms with Gasteiger partial charge in [0.05, 0.1) is 0 Å². The Morgan fingerprint density at radius 3 is 2.32 bits per heavy atom. The topological polar surface area (TPSA) is 0 Å². The molecule has 0 saturated heterocycles. The molecule has 2 atom stereocenters. The quantitative estimate of drug-likeness (QED) is 0.473. The van der Waals surface area contributed by atoms with Crippen molar-refractivity contribution in [2.75, 3.05) is 0 Å². The van der Waals surface area contributed by atoms with Crippen LogP contribution in [-0.2, 0) is 33.4 Å². The summed E-state index contributed by atoms with van der Waals surface area (Å²) in [5.74, 6) is -0.620. The zero-order chi connectivity index (χ0) is 17.0. The van der Waals surface area contributed by atoms with Gasteiger partial charge < -0.3 is 0 Å². The Kier molecular flexibility index (Phi) is 4.09. The van der Waals surface area contributed by atoms with Gasteiger partial charge in [-0.15, -0.1) is 0 Å². The first-order chi connectivity index (χ1) is 12.2. The molecule has 5 rings (SSSR count). The fraction of sp³-hybridized carbons (Fsp3) is 0.304.